The van der Waals surface area contributed by atoms with Crippen LogP contribution >= 0.6 is 0 Å². The number of nitriles is 1. The molecule has 1 aliphatic heterocycles. The van der Waals surface area contributed by atoms with Crippen LogP contribution in [0.3, 0.4) is 0 Å². The number of para-hydroxylation sites is 1. The van der Waals surface area contributed by atoms with Crippen LogP contribution in [0.4, 0.5) is 22.7 Å². The quantitative estimate of drug-likeness (QED) is 0.118. The Hall–Kier alpha value is -7.15. The number of ether oxygens (including phenoxy) is 1. The van der Waals surface area contributed by atoms with Crippen LogP contribution in [0.25, 0.3) is 49.9 Å². The van der Waals surface area contributed by atoms with E-state index < -0.39 is 0 Å². The molecule has 6 nitrogen and oxygen atoms in total. The van der Waals surface area contributed by atoms with Gasteiger partial charge in [-0.15, -0.1) is 23.6 Å². The molecule has 0 spiro atoms. The number of benzene rings is 7. The van der Waals surface area contributed by atoms with Crippen molar-refractivity contribution in [3.05, 3.63) is 192 Å². The van der Waals surface area contributed by atoms with Crippen molar-refractivity contribution in [3.8, 4) is 45.6 Å². The number of nitrogens with zero attached hydrogens (tertiary/aromatic N) is 5. The molecule has 10 rings (SSSR count). The number of fused-ring (bicyclic) bond motifs is 4. The second kappa shape index (κ2) is 17.5. The van der Waals surface area contributed by atoms with Gasteiger partial charge in [0, 0.05) is 41.4 Å². The van der Waals surface area contributed by atoms with E-state index in [4.69, 9.17) is 9.72 Å². The first-order chi connectivity index (χ1) is 32.0. The summed E-state index contributed by atoms with van der Waals surface area (Å²) in [6.45, 7) is 20.3. The van der Waals surface area contributed by atoms with E-state index in [9.17, 15) is 5.26 Å². The third-order valence-electron chi connectivity index (χ3n) is 12.7. The number of hydrogen-bond donors (Lipinski definition) is 0. The van der Waals surface area contributed by atoms with Gasteiger partial charge in [-0.25, -0.2) is 4.98 Å². The molecule has 0 amide bonds. The molecule has 7 aromatic carbocycles. The molecular weight excluding hydrogens is 1010 g/mol. The van der Waals surface area contributed by atoms with Gasteiger partial charge < -0.3 is 9.30 Å². The summed E-state index contributed by atoms with van der Waals surface area (Å²) < 4.78 is 13.1. The third-order valence-corrected chi connectivity index (χ3v) is 12.7. The monoisotopic (exact) mass is 1070 g/mol. The molecule has 3 heterocycles. The van der Waals surface area contributed by atoms with Gasteiger partial charge in [0.1, 0.15) is 11.5 Å². The second-order valence-electron chi connectivity index (χ2n) is 20.6. The van der Waals surface area contributed by atoms with Gasteiger partial charge in [-0.05, 0) is 102 Å². The Morgan fingerprint density at radius 2 is 1.26 bits per heavy atom. The van der Waals surface area contributed by atoms with E-state index in [0.717, 1.165) is 67.1 Å². The minimum atomic E-state index is -0.0812. The van der Waals surface area contributed by atoms with E-state index in [1.807, 2.05) is 54.7 Å². The van der Waals surface area contributed by atoms with E-state index in [2.05, 4.69) is 203 Å². The Labute approximate surface area is 414 Å². The van der Waals surface area contributed by atoms with Gasteiger partial charge in [0.2, 0.25) is 5.69 Å². The van der Waals surface area contributed by atoms with E-state index >= 15 is 0 Å². The number of hydrogen-bond acceptors (Lipinski definition) is 3. The molecule has 1 aliphatic rings. The van der Waals surface area contributed by atoms with Crippen LogP contribution in [0.2, 0.25) is 0 Å². The van der Waals surface area contributed by atoms with Crippen molar-refractivity contribution in [3.63, 3.8) is 0 Å². The summed E-state index contributed by atoms with van der Waals surface area (Å²) in [6, 6.07) is 66.1. The van der Waals surface area contributed by atoms with Crippen LogP contribution in [-0.4, -0.2) is 15.6 Å². The summed E-state index contributed by atoms with van der Waals surface area (Å²) >= 11 is 0. The number of aromatic nitrogens is 2. The normalized spacial score (nSPS) is 12.6. The van der Waals surface area contributed by atoms with Crippen LogP contribution < -0.4 is 13.9 Å². The molecule has 0 N–H and O–H groups in total. The zero-order valence-electron chi connectivity index (χ0n) is 40.0. The van der Waals surface area contributed by atoms with Gasteiger partial charge in [-0.2, -0.15) is 17.4 Å². The van der Waals surface area contributed by atoms with Gasteiger partial charge in [0.05, 0.1) is 17.2 Å². The number of pyridine rings is 1. The summed E-state index contributed by atoms with van der Waals surface area (Å²) in [4.78, 5) is 4.85. The topological polar surface area (TPSA) is 56.9 Å². The molecule has 0 bridgehead atoms. The van der Waals surface area contributed by atoms with Crippen molar-refractivity contribution in [1.82, 2.24) is 18.7 Å². The van der Waals surface area contributed by atoms with Crippen molar-refractivity contribution < 1.29 is 25.8 Å². The largest absolute Gasteiger partial charge is 2.00 e. The van der Waals surface area contributed by atoms with E-state index in [1.165, 1.54) is 22.3 Å². The van der Waals surface area contributed by atoms with Crippen molar-refractivity contribution in [2.75, 3.05) is 0 Å². The second-order valence-corrected chi connectivity index (χ2v) is 20.6. The van der Waals surface area contributed by atoms with Crippen LogP contribution in [0.1, 0.15) is 84.6 Å². The van der Waals surface area contributed by atoms with Crippen molar-refractivity contribution >= 4 is 50.6 Å². The van der Waals surface area contributed by atoms with Gasteiger partial charge in [0.25, 0.3) is 5.69 Å². The molecule has 68 heavy (non-hydrogen) atoms. The van der Waals surface area contributed by atoms with Gasteiger partial charge in [0.15, 0.2) is 0 Å². The van der Waals surface area contributed by atoms with E-state index in [-0.39, 0.29) is 37.3 Å². The minimum absolute atomic E-state index is 0. The predicted octanol–water partition coefficient (Wildman–Crippen LogP) is 15.5. The first-order valence-electron chi connectivity index (χ1n) is 22.9. The SMILES string of the molecule is CC(C)(C)c1cc([N+]2=C=[N+](c3[c-]c(Oc4[c-]c5c(cc4)c4cc(C#N)ccc4n5-c4cc(C(C)(C)C)ccn4)ccc3)c3cccc(-c4cccc(-c5ccccc5)c4)c32)cc(C(C)(C)C)c1.[Pt+2]. The van der Waals surface area contributed by atoms with Gasteiger partial charge in [-0.1, -0.05) is 145 Å². The molecule has 0 aliphatic carbocycles. The smallest absolute Gasteiger partial charge is 0.509 e. The van der Waals surface area contributed by atoms with Gasteiger partial charge >= 0.3 is 32.8 Å². The Kier molecular flexibility index (Phi) is 11.8. The first kappa shape index (κ1) is 46.0. The summed E-state index contributed by atoms with van der Waals surface area (Å²) in [6.07, 6.45) is 1.86. The first-order valence-corrected chi connectivity index (χ1v) is 22.9. The zero-order valence-corrected chi connectivity index (χ0v) is 42.2. The van der Waals surface area contributed by atoms with Crippen LogP contribution in [0.5, 0.6) is 11.5 Å². The molecule has 7 heteroatoms. The maximum Gasteiger partial charge on any atom is 2.00 e. The maximum atomic E-state index is 9.84. The molecule has 336 valence electrons. The molecule has 0 atom stereocenters. The summed E-state index contributed by atoms with van der Waals surface area (Å²) in [5, 5.41) is 11.7. The molecule has 0 saturated carbocycles. The van der Waals surface area contributed by atoms with Crippen LogP contribution in [-0.2, 0) is 37.3 Å². The average molecular weight is 1070 g/mol. The van der Waals surface area contributed by atoms with Crippen molar-refractivity contribution in [1.29, 1.82) is 5.26 Å². The van der Waals surface area contributed by atoms with Crippen molar-refractivity contribution in [2.24, 2.45) is 0 Å². The Morgan fingerprint density at radius 3 is 1.99 bits per heavy atom. The Balaban J connectivity index is 0.00000578. The number of rotatable bonds is 7. The summed E-state index contributed by atoms with van der Waals surface area (Å²) in [7, 11) is 0. The molecule has 0 fully saturated rings. The molecule has 0 saturated heterocycles. The fourth-order valence-electron chi connectivity index (χ4n) is 8.90. The molecule has 9 aromatic rings. The molecule has 2 aromatic heterocycles. The van der Waals surface area contributed by atoms with Crippen molar-refractivity contribution in [2.45, 2.75) is 78.6 Å². The average Bonchev–Trinajstić information content (AvgIpc) is 3.87. The third kappa shape index (κ3) is 8.65. The van der Waals surface area contributed by atoms with Crippen LogP contribution in [0, 0.1) is 23.5 Å². The predicted molar refractivity (Wildman–Crippen MR) is 275 cm³/mol. The molecule has 0 unspecified atom stereocenters. The summed E-state index contributed by atoms with van der Waals surface area (Å²) in [5.74, 6) is 1.84. The fourth-order valence-corrected chi connectivity index (χ4v) is 8.90. The van der Waals surface area contributed by atoms with Crippen LogP contribution in [0.15, 0.2) is 158 Å². The Bertz CT molecular complexity index is 3520. The van der Waals surface area contributed by atoms with E-state index in [0.29, 0.717) is 17.1 Å². The summed E-state index contributed by atoms with van der Waals surface area (Å²) in [5.41, 5.74) is 14.2. The fraction of sp³-hybridized carbons (Fsp3) is 0.197. The standard InChI is InChI=1S/C61H53N5O.Pt/c1-59(2,3)44-28-29-63-57(35-44)66-54-27-24-40(38-62)30-53(54)52-26-25-50(37-56(52)66)67-49-21-14-20-47(36-49)64-39-65(48-33-45(60(4,5)6)32-46(34-48)61(7,8)9)58-51(22-15-23-55(58)64)43-19-13-18-42(31-43)41-16-11-10-12-17-41;/h10-35H,1-9H3;/q;+2. The Morgan fingerprint density at radius 1 is 0.588 bits per heavy atom. The maximum absolute atomic E-state index is 9.84. The van der Waals surface area contributed by atoms with E-state index in [1.54, 1.807) is 0 Å². The molecular formula is C61H53N5OPt+2. The molecule has 0 radical (unpaired) electrons. The zero-order chi connectivity index (χ0) is 46.8. The van der Waals surface area contributed by atoms with Gasteiger partial charge in [-0.3, -0.25) is 0 Å². The minimum Gasteiger partial charge on any atom is -0.509 e.